The summed E-state index contributed by atoms with van der Waals surface area (Å²) in [6, 6.07) is 18.9. The minimum Gasteiger partial charge on any atom is -0.494 e. The van der Waals surface area contributed by atoms with Crippen LogP contribution >= 0.6 is 15.9 Å². The number of hydrogen-bond acceptors (Lipinski definition) is 4. The summed E-state index contributed by atoms with van der Waals surface area (Å²) in [5.41, 5.74) is 3.02. The number of hydrogen-bond donors (Lipinski definition) is 1. The summed E-state index contributed by atoms with van der Waals surface area (Å²) in [5.74, 6) is 0.573. The van der Waals surface area contributed by atoms with Crippen molar-refractivity contribution in [3.63, 3.8) is 0 Å². The highest BCUT2D eigenvalue weighted by Gasteiger charge is 2.20. The van der Waals surface area contributed by atoms with Gasteiger partial charge in [-0.2, -0.15) is 0 Å². The molecule has 4 rings (SSSR count). The summed E-state index contributed by atoms with van der Waals surface area (Å²) in [6.45, 7) is 6.59. The highest BCUT2D eigenvalue weighted by atomic mass is 79.9. The summed E-state index contributed by atoms with van der Waals surface area (Å²) in [5, 5.41) is 7.43. The van der Waals surface area contributed by atoms with Gasteiger partial charge >= 0.3 is 0 Å². The number of nitrogens with zero attached hydrogens (tertiary/aromatic N) is 3. The molecule has 0 bridgehead atoms. The molecule has 0 fully saturated rings. The lowest BCUT2D eigenvalue weighted by Crippen LogP contribution is -2.16. The van der Waals surface area contributed by atoms with Gasteiger partial charge in [-0.05, 0) is 85.1 Å². The van der Waals surface area contributed by atoms with Crippen LogP contribution in [-0.4, -0.2) is 27.3 Å². The average molecular weight is 523 g/mol. The molecule has 0 aliphatic carbocycles. The van der Waals surface area contributed by atoms with Gasteiger partial charge in [0, 0.05) is 15.7 Å². The SMILES string of the molecule is CCOc1ccc(-n2nc(C(=O)Nc3ccc(Br)cc3C(C)C)nc2-c2ccc(F)cc2)cc1. The largest absolute Gasteiger partial charge is 0.494 e. The molecule has 0 saturated heterocycles. The highest BCUT2D eigenvalue weighted by Crippen LogP contribution is 2.29. The zero-order chi connectivity index (χ0) is 24.2. The maximum absolute atomic E-state index is 13.5. The zero-order valence-corrected chi connectivity index (χ0v) is 20.6. The molecule has 8 heteroatoms. The third kappa shape index (κ3) is 5.17. The Kier molecular flexibility index (Phi) is 7.07. The van der Waals surface area contributed by atoms with E-state index in [4.69, 9.17) is 4.74 Å². The average Bonchev–Trinajstić information content (AvgIpc) is 3.27. The van der Waals surface area contributed by atoms with E-state index in [9.17, 15) is 9.18 Å². The van der Waals surface area contributed by atoms with Crippen LogP contribution in [0.4, 0.5) is 10.1 Å². The molecular weight excluding hydrogens is 499 g/mol. The smallest absolute Gasteiger partial charge is 0.295 e. The predicted octanol–water partition coefficient (Wildman–Crippen LogP) is 6.61. The number of benzene rings is 3. The molecule has 1 amide bonds. The van der Waals surface area contributed by atoms with Gasteiger partial charge in [-0.25, -0.2) is 14.1 Å². The lowest BCUT2D eigenvalue weighted by Gasteiger charge is -2.13. The summed E-state index contributed by atoms with van der Waals surface area (Å²) in [6.07, 6.45) is 0. The van der Waals surface area contributed by atoms with E-state index in [1.165, 1.54) is 12.1 Å². The van der Waals surface area contributed by atoms with Gasteiger partial charge in [-0.15, -0.1) is 5.10 Å². The van der Waals surface area contributed by atoms with Gasteiger partial charge in [-0.1, -0.05) is 29.8 Å². The Morgan fingerprint density at radius 2 is 1.79 bits per heavy atom. The van der Waals surface area contributed by atoms with E-state index in [0.717, 1.165) is 15.8 Å². The van der Waals surface area contributed by atoms with Crippen LogP contribution in [0.2, 0.25) is 0 Å². The van der Waals surface area contributed by atoms with Crippen molar-refractivity contribution in [2.45, 2.75) is 26.7 Å². The minimum atomic E-state index is -0.433. The number of nitrogens with one attached hydrogen (secondary N) is 1. The molecule has 4 aromatic rings. The van der Waals surface area contributed by atoms with Gasteiger partial charge in [0.25, 0.3) is 5.91 Å². The van der Waals surface area contributed by atoms with Crippen LogP contribution in [0.1, 0.15) is 42.9 Å². The Balaban J connectivity index is 1.73. The first-order valence-corrected chi connectivity index (χ1v) is 11.7. The molecule has 6 nitrogen and oxygen atoms in total. The van der Waals surface area contributed by atoms with Crippen LogP contribution in [0.25, 0.3) is 17.1 Å². The van der Waals surface area contributed by atoms with E-state index >= 15 is 0 Å². The van der Waals surface area contributed by atoms with Crippen molar-refractivity contribution in [1.82, 2.24) is 14.8 Å². The van der Waals surface area contributed by atoms with E-state index < -0.39 is 5.91 Å². The quantitative estimate of drug-likeness (QED) is 0.296. The highest BCUT2D eigenvalue weighted by molar-refractivity contribution is 9.10. The van der Waals surface area contributed by atoms with Gasteiger partial charge in [0.1, 0.15) is 11.6 Å². The lowest BCUT2D eigenvalue weighted by atomic mass is 10.0. The molecule has 0 aliphatic rings. The monoisotopic (exact) mass is 522 g/mol. The maximum Gasteiger partial charge on any atom is 0.295 e. The van der Waals surface area contributed by atoms with E-state index in [-0.39, 0.29) is 17.6 Å². The van der Waals surface area contributed by atoms with Gasteiger partial charge in [-0.3, -0.25) is 4.79 Å². The Bertz CT molecular complexity index is 1300. The van der Waals surface area contributed by atoms with E-state index in [2.05, 4.69) is 45.2 Å². The summed E-state index contributed by atoms with van der Waals surface area (Å²) < 4.78 is 21.6. The van der Waals surface area contributed by atoms with E-state index in [0.29, 0.717) is 29.4 Å². The molecule has 174 valence electrons. The van der Waals surface area contributed by atoms with Crippen LogP contribution in [-0.2, 0) is 0 Å². The van der Waals surface area contributed by atoms with Crippen LogP contribution in [0.15, 0.2) is 71.2 Å². The van der Waals surface area contributed by atoms with Gasteiger partial charge in [0.2, 0.25) is 5.82 Å². The first-order valence-electron chi connectivity index (χ1n) is 10.9. The molecule has 3 aromatic carbocycles. The number of halogens is 2. The second kappa shape index (κ2) is 10.2. The molecule has 0 aliphatic heterocycles. The fourth-order valence-electron chi connectivity index (χ4n) is 3.53. The Hall–Kier alpha value is -3.52. The predicted molar refractivity (Wildman–Crippen MR) is 134 cm³/mol. The lowest BCUT2D eigenvalue weighted by molar-refractivity contribution is 0.101. The second-order valence-electron chi connectivity index (χ2n) is 7.95. The first kappa shape index (κ1) is 23.6. The number of amides is 1. The Labute approximate surface area is 205 Å². The Morgan fingerprint density at radius 1 is 1.09 bits per heavy atom. The van der Waals surface area contributed by atoms with Crippen molar-refractivity contribution < 1.29 is 13.9 Å². The van der Waals surface area contributed by atoms with E-state index in [1.807, 2.05) is 49.4 Å². The molecular formula is C26H24BrFN4O2. The van der Waals surface area contributed by atoms with E-state index in [1.54, 1.807) is 16.8 Å². The number of aromatic nitrogens is 3. The minimum absolute atomic E-state index is 0.00540. The summed E-state index contributed by atoms with van der Waals surface area (Å²) in [7, 11) is 0. The maximum atomic E-state index is 13.5. The standard InChI is InChI=1S/C26H24BrFN4O2/c1-4-34-21-12-10-20(11-13-21)32-25(17-5-8-19(28)9-6-17)30-24(31-32)26(33)29-23-14-7-18(27)15-22(23)16(2)3/h5-16H,4H2,1-3H3,(H,29,33). The third-order valence-corrected chi connectivity index (χ3v) is 5.68. The molecule has 1 aromatic heterocycles. The van der Waals surface area contributed by atoms with Crippen molar-refractivity contribution in [3.05, 3.63) is 88.4 Å². The second-order valence-corrected chi connectivity index (χ2v) is 8.86. The fraction of sp³-hybridized carbons (Fsp3) is 0.192. The fourth-order valence-corrected chi connectivity index (χ4v) is 3.91. The summed E-state index contributed by atoms with van der Waals surface area (Å²) in [4.78, 5) is 17.7. The van der Waals surface area contributed by atoms with Crippen LogP contribution in [0.5, 0.6) is 5.75 Å². The van der Waals surface area contributed by atoms with Crippen molar-refractivity contribution in [2.75, 3.05) is 11.9 Å². The van der Waals surface area contributed by atoms with Crippen LogP contribution in [0.3, 0.4) is 0 Å². The van der Waals surface area contributed by atoms with Gasteiger partial charge < -0.3 is 10.1 Å². The molecule has 1 N–H and O–H groups in total. The van der Waals surface area contributed by atoms with Crippen LogP contribution in [0, 0.1) is 5.82 Å². The molecule has 0 spiro atoms. The molecule has 34 heavy (non-hydrogen) atoms. The first-order chi connectivity index (χ1) is 16.4. The normalized spacial score (nSPS) is 11.0. The Morgan fingerprint density at radius 3 is 2.44 bits per heavy atom. The molecule has 0 saturated carbocycles. The van der Waals surface area contributed by atoms with Crippen molar-refractivity contribution in [1.29, 1.82) is 0 Å². The summed E-state index contributed by atoms with van der Waals surface area (Å²) >= 11 is 3.48. The number of anilines is 1. The topological polar surface area (TPSA) is 69.0 Å². The van der Waals surface area contributed by atoms with Crippen molar-refractivity contribution in [3.8, 4) is 22.8 Å². The van der Waals surface area contributed by atoms with Crippen molar-refractivity contribution >= 4 is 27.5 Å². The molecule has 1 heterocycles. The van der Waals surface area contributed by atoms with Gasteiger partial charge in [0.15, 0.2) is 5.82 Å². The van der Waals surface area contributed by atoms with Crippen molar-refractivity contribution in [2.24, 2.45) is 0 Å². The molecule has 0 radical (unpaired) electrons. The molecule has 0 atom stereocenters. The number of carbonyl (C=O) groups is 1. The van der Waals surface area contributed by atoms with Gasteiger partial charge in [0.05, 0.1) is 12.3 Å². The number of carbonyl (C=O) groups excluding carboxylic acids is 1. The molecule has 0 unspecified atom stereocenters. The van der Waals surface area contributed by atoms with Crippen LogP contribution < -0.4 is 10.1 Å². The zero-order valence-electron chi connectivity index (χ0n) is 19.0. The third-order valence-electron chi connectivity index (χ3n) is 5.19. The number of ether oxygens (including phenoxy) is 1. The number of rotatable bonds is 7.